The van der Waals surface area contributed by atoms with Gasteiger partial charge in [-0.15, -0.1) is 5.10 Å². The Balaban J connectivity index is 1.86. The average molecular weight is 419 g/mol. The maximum atomic E-state index is 6.09. The highest BCUT2D eigenvalue weighted by molar-refractivity contribution is 6.42. The lowest BCUT2D eigenvalue weighted by Crippen LogP contribution is -2.14. The highest BCUT2D eigenvalue weighted by atomic mass is 35.5. The van der Waals surface area contributed by atoms with E-state index < -0.39 is 0 Å². The number of aryl methyl sites for hydroxylation is 1. The molecule has 3 rings (SSSR count). The fourth-order valence-electron chi connectivity index (χ4n) is 2.35. The van der Waals surface area contributed by atoms with Crippen LogP contribution in [0.25, 0.3) is 0 Å². The molecule has 0 unspecified atom stereocenters. The minimum Gasteiger partial charge on any atom is -0.399 e. The Kier molecular flexibility index (Phi) is 6.57. The largest absolute Gasteiger partial charge is 0.399 e. The highest BCUT2D eigenvalue weighted by Crippen LogP contribution is 2.23. The van der Waals surface area contributed by atoms with Crippen molar-refractivity contribution in [2.24, 2.45) is 17.4 Å². The van der Waals surface area contributed by atoms with Gasteiger partial charge in [0.05, 0.1) is 10.0 Å². The van der Waals surface area contributed by atoms with Crippen LogP contribution in [0.5, 0.6) is 0 Å². The summed E-state index contributed by atoms with van der Waals surface area (Å²) in [5.74, 6) is 0.464. The number of hydrogen-bond donors (Lipinski definition) is 0. The van der Waals surface area contributed by atoms with Crippen LogP contribution in [0.3, 0.4) is 0 Å². The molecule has 0 spiro atoms. The molecule has 144 valence electrons. The van der Waals surface area contributed by atoms with Crippen molar-refractivity contribution < 1.29 is 9.68 Å². The van der Waals surface area contributed by atoms with E-state index in [1.165, 1.54) is 11.8 Å². The van der Waals surface area contributed by atoms with Gasteiger partial charge in [-0.2, -0.15) is 0 Å². The van der Waals surface area contributed by atoms with Crippen molar-refractivity contribution >= 4 is 34.6 Å². The lowest BCUT2D eigenvalue weighted by atomic mass is 10.1. The molecule has 0 aliphatic rings. The van der Waals surface area contributed by atoms with E-state index in [1.807, 2.05) is 30.3 Å². The zero-order chi connectivity index (χ0) is 19.9. The predicted molar refractivity (Wildman–Crippen MR) is 107 cm³/mol. The number of rotatable bonds is 7. The second-order valence-corrected chi connectivity index (χ2v) is 6.37. The van der Waals surface area contributed by atoms with E-state index in [2.05, 4.69) is 25.8 Å². The number of hydrogen-bond acceptors (Lipinski definition) is 7. The van der Waals surface area contributed by atoms with Crippen molar-refractivity contribution in [1.29, 1.82) is 0 Å². The molecule has 0 bridgehead atoms. The van der Waals surface area contributed by atoms with E-state index in [9.17, 15) is 0 Å². The molecule has 0 aliphatic carbocycles. The number of halogens is 2. The molecule has 0 saturated carbocycles. The molecular formula is C18H16Cl2N6O2. The molecule has 0 N–H and O–H groups in total. The number of oxime groups is 2. The SMILES string of the molecule is CO/N=C(/CO/N=C(/c1ccccc1)c1nnnn1C)c1ccc(Cl)c(Cl)c1. The minimum absolute atomic E-state index is 0.0351. The smallest absolute Gasteiger partial charge is 0.204 e. The van der Waals surface area contributed by atoms with Gasteiger partial charge >= 0.3 is 0 Å². The summed E-state index contributed by atoms with van der Waals surface area (Å²) in [6, 6.07) is 14.6. The van der Waals surface area contributed by atoms with Crippen LogP contribution >= 0.6 is 23.2 Å². The summed E-state index contributed by atoms with van der Waals surface area (Å²) in [6.45, 7) is 0.0351. The van der Waals surface area contributed by atoms with Gasteiger partial charge < -0.3 is 9.68 Å². The Hall–Kier alpha value is -2.97. The van der Waals surface area contributed by atoms with Gasteiger partial charge in [0.1, 0.15) is 12.8 Å². The second kappa shape index (κ2) is 9.29. The first-order valence-corrected chi connectivity index (χ1v) is 8.89. The minimum atomic E-state index is 0.0351. The Morgan fingerprint density at radius 1 is 1.04 bits per heavy atom. The molecule has 0 radical (unpaired) electrons. The van der Waals surface area contributed by atoms with Crippen LogP contribution in [0.4, 0.5) is 0 Å². The fourth-order valence-corrected chi connectivity index (χ4v) is 2.65. The number of benzene rings is 2. The van der Waals surface area contributed by atoms with Gasteiger partial charge in [0.25, 0.3) is 0 Å². The lowest BCUT2D eigenvalue weighted by molar-refractivity contribution is 0.173. The molecule has 1 aromatic heterocycles. The zero-order valence-electron chi connectivity index (χ0n) is 15.1. The van der Waals surface area contributed by atoms with Gasteiger partial charge in [-0.25, -0.2) is 4.68 Å². The van der Waals surface area contributed by atoms with Crippen LogP contribution < -0.4 is 0 Å². The van der Waals surface area contributed by atoms with Crippen molar-refractivity contribution in [3.63, 3.8) is 0 Å². The van der Waals surface area contributed by atoms with Crippen molar-refractivity contribution in [3.8, 4) is 0 Å². The van der Waals surface area contributed by atoms with Crippen molar-refractivity contribution in [3.05, 3.63) is 75.5 Å². The van der Waals surface area contributed by atoms with Crippen LogP contribution in [0.1, 0.15) is 17.0 Å². The molecule has 2 aromatic carbocycles. The normalized spacial score (nSPS) is 12.1. The summed E-state index contributed by atoms with van der Waals surface area (Å²) in [5.41, 5.74) is 2.49. The van der Waals surface area contributed by atoms with Gasteiger partial charge in [-0.3, -0.25) is 0 Å². The van der Waals surface area contributed by atoms with Crippen LogP contribution in [-0.2, 0) is 16.7 Å². The lowest BCUT2D eigenvalue weighted by Gasteiger charge is -2.08. The first-order valence-electron chi connectivity index (χ1n) is 8.13. The molecule has 3 aromatic rings. The second-order valence-electron chi connectivity index (χ2n) is 5.55. The molecule has 10 heteroatoms. The summed E-state index contributed by atoms with van der Waals surface area (Å²) in [7, 11) is 3.17. The summed E-state index contributed by atoms with van der Waals surface area (Å²) < 4.78 is 1.51. The van der Waals surface area contributed by atoms with Crippen LogP contribution in [0.2, 0.25) is 10.0 Å². The Morgan fingerprint density at radius 3 is 2.46 bits per heavy atom. The third-order valence-corrected chi connectivity index (χ3v) is 4.43. The van der Waals surface area contributed by atoms with Gasteiger partial charge in [-0.05, 0) is 22.6 Å². The third-order valence-electron chi connectivity index (χ3n) is 3.69. The van der Waals surface area contributed by atoms with E-state index >= 15 is 0 Å². The van der Waals surface area contributed by atoms with Crippen molar-refractivity contribution in [2.45, 2.75) is 0 Å². The average Bonchev–Trinajstić information content (AvgIpc) is 3.13. The molecule has 0 fully saturated rings. The maximum Gasteiger partial charge on any atom is 0.204 e. The van der Waals surface area contributed by atoms with Crippen LogP contribution in [0.15, 0.2) is 58.8 Å². The van der Waals surface area contributed by atoms with Gasteiger partial charge in [0.2, 0.25) is 5.82 Å². The standard InChI is InChI=1S/C18H16Cl2N6O2/c1-26-18(21-24-25-26)17(12-6-4-3-5-7-12)23-28-11-16(22-27-2)13-8-9-14(19)15(20)10-13/h3-10H,11H2,1-2H3/b22-16-,23-17-. The number of tetrazole rings is 1. The molecule has 0 saturated heterocycles. The summed E-state index contributed by atoms with van der Waals surface area (Å²) in [4.78, 5) is 10.5. The fraction of sp³-hybridized carbons (Fsp3) is 0.167. The Labute approximate surface area is 171 Å². The molecule has 28 heavy (non-hydrogen) atoms. The first-order chi connectivity index (χ1) is 13.6. The summed E-state index contributed by atoms with van der Waals surface area (Å²) in [5, 5.41) is 20.6. The van der Waals surface area contributed by atoms with E-state index in [1.54, 1.807) is 25.2 Å². The van der Waals surface area contributed by atoms with Gasteiger partial charge in [0, 0.05) is 18.2 Å². The first kappa shape index (κ1) is 19.8. The molecule has 1 heterocycles. The van der Waals surface area contributed by atoms with Gasteiger partial charge in [0.15, 0.2) is 12.3 Å². The molecule has 0 amide bonds. The Bertz CT molecular complexity index is 1000. The summed E-state index contributed by atoms with van der Waals surface area (Å²) in [6.07, 6.45) is 0. The molecule has 0 aliphatic heterocycles. The van der Waals surface area contributed by atoms with Crippen LogP contribution in [0, 0.1) is 0 Å². The Morgan fingerprint density at radius 2 is 1.82 bits per heavy atom. The topological polar surface area (TPSA) is 86.8 Å². The monoisotopic (exact) mass is 418 g/mol. The molecule has 0 atom stereocenters. The van der Waals surface area contributed by atoms with Gasteiger partial charge in [-0.1, -0.05) is 69.9 Å². The van der Waals surface area contributed by atoms with E-state index in [0.29, 0.717) is 32.9 Å². The third kappa shape index (κ3) is 4.65. The molecular weight excluding hydrogens is 403 g/mol. The molecule has 8 nitrogen and oxygen atoms in total. The zero-order valence-corrected chi connectivity index (χ0v) is 16.6. The number of aromatic nitrogens is 4. The number of nitrogens with zero attached hydrogens (tertiary/aromatic N) is 6. The van der Waals surface area contributed by atoms with Crippen LogP contribution in [-0.4, -0.2) is 45.3 Å². The summed E-state index contributed by atoms with van der Waals surface area (Å²) >= 11 is 12.1. The quantitative estimate of drug-likeness (QED) is 0.433. The highest BCUT2D eigenvalue weighted by Gasteiger charge is 2.15. The van der Waals surface area contributed by atoms with E-state index in [0.717, 1.165) is 5.56 Å². The maximum absolute atomic E-state index is 6.09. The van der Waals surface area contributed by atoms with E-state index in [-0.39, 0.29) is 6.61 Å². The van der Waals surface area contributed by atoms with Crippen molar-refractivity contribution in [1.82, 2.24) is 20.2 Å². The van der Waals surface area contributed by atoms with Crippen molar-refractivity contribution in [2.75, 3.05) is 13.7 Å². The predicted octanol–water partition coefficient (Wildman–Crippen LogP) is 3.34. The van der Waals surface area contributed by atoms with E-state index in [4.69, 9.17) is 32.9 Å².